The third-order valence-corrected chi connectivity index (χ3v) is 3.38. The summed E-state index contributed by atoms with van der Waals surface area (Å²) in [6.45, 7) is 3.60. The lowest BCUT2D eigenvalue weighted by Crippen LogP contribution is -3.00. The Kier molecular flexibility index (Phi) is 5.93. The van der Waals surface area contributed by atoms with Gasteiger partial charge in [-0.25, -0.2) is 0 Å². The number of piperazine rings is 1. The van der Waals surface area contributed by atoms with E-state index in [1.807, 2.05) is 29.2 Å². The molecule has 0 bridgehead atoms. The number of likely N-dealkylation sites (N-methyl/N-ethyl adjacent to an activating group) is 1. The molecule has 0 saturated carbocycles. The summed E-state index contributed by atoms with van der Waals surface area (Å²) in [4.78, 5) is 16.2. The average Bonchev–Trinajstić information content (AvgIpc) is 2.33. The highest BCUT2D eigenvalue weighted by Gasteiger charge is 2.18. The molecule has 1 aromatic rings. The molecular formula is C13H17Cl2N2O-. The number of carbonyl (C=O) groups is 1. The summed E-state index contributed by atoms with van der Waals surface area (Å²) in [6, 6.07) is 7.48. The van der Waals surface area contributed by atoms with Crippen LogP contribution in [0.2, 0.25) is 5.02 Å². The molecule has 0 unspecified atom stereocenters. The first-order valence-corrected chi connectivity index (χ1v) is 6.24. The Morgan fingerprint density at radius 2 is 1.72 bits per heavy atom. The van der Waals surface area contributed by atoms with E-state index in [4.69, 9.17) is 11.6 Å². The predicted octanol–water partition coefficient (Wildman–Crippen LogP) is -1.34. The molecule has 0 spiro atoms. The number of benzene rings is 1. The SMILES string of the molecule is CN1CCN(C(=O)Cc2ccc(Cl)cc2)CC1.[Cl-]. The fourth-order valence-electron chi connectivity index (χ4n) is 1.94. The van der Waals surface area contributed by atoms with Crippen LogP contribution in [0.5, 0.6) is 0 Å². The van der Waals surface area contributed by atoms with Crippen LogP contribution in [0, 0.1) is 0 Å². The Bertz CT molecular complexity index is 386. The zero-order valence-corrected chi connectivity index (χ0v) is 11.9. The number of nitrogens with zero attached hydrogens (tertiary/aromatic N) is 2. The smallest absolute Gasteiger partial charge is 0.227 e. The van der Waals surface area contributed by atoms with E-state index >= 15 is 0 Å². The van der Waals surface area contributed by atoms with Crippen LogP contribution in [0.3, 0.4) is 0 Å². The highest BCUT2D eigenvalue weighted by Crippen LogP contribution is 2.11. The van der Waals surface area contributed by atoms with Gasteiger partial charge in [0.05, 0.1) is 6.42 Å². The fourth-order valence-corrected chi connectivity index (χ4v) is 2.07. The summed E-state index contributed by atoms with van der Waals surface area (Å²) in [6.07, 6.45) is 0.473. The van der Waals surface area contributed by atoms with Crippen molar-refractivity contribution in [3.8, 4) is 0 Å². The maximum absolute atomic E-state index is 12.0. The summed E-state index contributed by atoms with van der Waals surface area (Å²) in [5.41, 5.74) is 1.03. The van der Waals surface area contributed by atoms with Crippen LogP contribution in [0.1, 0.15) is 5.56 Å². The van der Waals surface area contributed by atoms with Gasteiger partial charge in [0.25, 0.3) is 0 Å². The van der Waals surface area contributed by atoms with Crippen LogP contribution < -0.4 is 12.4 Å². The normalized spacial score (nSPS) is 16.2. The third-order valence-electron chi connectivity index (χ3n) is 3.12. The standard InChI is InChI=1S/C13H17ClN2O.ClH/c1-15-6-8-16(9-7-15)13(17)10-11-2-4-12(14)5-3-11;/h2-5H,6-10H2,1H3;1H/p-1. The van der Waals surface area contributed by atoms with Gasteiger partial charge < -0.3 is 22.2 Å². The number of hydrogen-bond donors (Lipinski definition) is 0. The molecule has 18 heavy (non-hydrogen) atoms. The van der Waals surface area contributed by atoms with Gasteiger partial charge in [-0.05, 0) is 24.7 Å². The lowest BCUT2D eigenvalue weighted by molar-refractivity contribution is -0.132. The molecule has 1 amide bonds. The van der Waals surface area contributed by atoms with Crippen molar-refractivity contribution in [3.05, 3.63) is 34.9 Å². The Labute approximate surface area is 119 Å². The van der Waals surface area contributed by atoms with Gasteiger partial charge in [-0.3, -0.25) is 4.79 Å². The minimum atomic E-state index is 0. The third kappa shape index (κ3) is 4.16. The minimum absolute atomic E-state index is 0. The van der Waals surface area contributed by atoms with Gasteiger partial charge in [0.1, 0.15) is 0 Å². The lowest BCUT2D eigenvalue weighted by atomic mass is 10.1. The first-order valence-electron chi connectivity index (χ1n) is 5.86. The van der Waals surface area contributed by atoms with Crippen LogP contribution in [0.4, 0.5) is 0 Å². The van der Waals surface area contributed by atoms with Gasteiger partial charge in [-0.15, -0.1) is 0 Å². The molecule has 3 nitrogen and oxygen atoms in total. The van der Waals surface area contributed by atoms with E-state index < -0.39 is 0 Å². The van der Waals surface area contributed by atoms with E-state index in [9.17, 15) is 4.79 Å². The van der Waals surface area contributed by atoms with Crippen molar-refractivity contribution in [2.24, 2.45) is 0 Å². The van der Waals surface area contributed by atoms with Crippen LogP contribution in [0.15, 0.2) is 24.3 Å². The van der Waals surface area contributed by atoms with Gasteiger partial charge in [-0.1, -0.05) is 23.7 Å². The van der Waals surface area contributed by atoms with Crippen LogP contribution >= 0.6 is 11.6 Å². The highest BCUT2D eigenvalue weighted by atomic mass is 35.5. The van der Waals surface area contributed by atoms with Crippen molar-refractivity contribution in [2.45, 2.75) is 6.42 Å². The largest absolute Gasteiger partial charge is 1.00 e. The number of rotatable bonds is 2. The zero-order chi connectivity index (χ0) is 12.3. The van der Waals surface area contributed by atoms with Gasteiger partial charge in [0, 0.05) is 31.2 Å². The first-order chi connectivity index (χ1) is 8.15. The van der Waals surface area contributed by atoms with Crippen molar-refractivity contribution >= 4 is 17.5 Å². The summed E-state index contributed by atoms with van der Waals surface area (Å²) < 4.78 is 0. The topological polar surface area (TPSA) is 23.6 Å². The molecular weight excluding hydrogens is 271 g/mol. The van der Waals surface area contributed by atoms with E-state index in [2.05, 4.69) is 11.9 Å². The Morgan fingerprint density at radius 1 is 1.17 bits per heavy atom. The van der Waals surface area contributed by atoms with Crippen molar-refractivity contribution in [1.29, 1.82) is 0 Å². The molecule has 1 saturated heterocycles. The predicted molar refractivity (Wildman–Crippen MR) is 69.2 cm³/mol. The monoisotopic (exact) mass is 287 g/mol. The molecule has 0 radical (unpaired) electrons. The van der Waals surface area contributed by atoms with Crippen LogP contribution in [-0.2, 0) is 11.2 Å². The van der Waals surface area contributed by atoms with E-state index in [0.717, 1.165) is 31.7 Å². The van der Waals surface area contributed by atoms with Gasteiger partial charge in [0.15, 0.2) is 0 Å². The van der Waals surface area contributed by atoms with Crippen LogP contribution in [-0.4, -0.2) is 48.9 Å². The quantitative estimate of drug-likeness (QED) is 0.672. The molecule has 1 heterocycles. The van der Waals surface area contributed by atoms with Crippen molar-refractivity contribution in [3.63, 3.8) is 0 Å². The maximum atomic E-state index is 12.0. The molecule has 2 rings (SSSR count). The summed E-state index contributed by atoms with van der Waals surface area (Å²) in [7, 11) is 2.08. The number of hydrogen-bond acceptors (Lipinski definition) is 2. The first kappa shape index (κ1) is 15.3. The number of carbonyl (C=O) groups excluding carboxylic acids is 1. The van der Waals surface area contributed by atoms with E-state index in [1.54, 1.807) is 0 Å². The lowest BCUT2D eigenvalue weighted by Gasteiger charge is -2.32. The summed E-state index contributed by atoms with van der Waals surface area (Å²) in [5.74, 6) is 0.209. The Balaban J connectivity index is 0.00000162. The highest BCUT2D eigenvalue weighted by molar-refractivity contribution is 6.30. The van der Waals surface area contributed by atoms with Gasteiger partial charge in [0.2, 0.25) is 5.91 Å². The van der Waals surface area contributed by atoms with Crippen molar-refractivity contribution in [2.75, 3.05) is 33.2 Å². The van der Waals surface area contributed by atoms with Crippen molar-refractivity contribution < 1.29 is 17.2 Å². The minimum Gasteiger partial charge on any atom is -1.00 e. The van der Waals surface area contributed by atoms with Crippen molar-refractivity contribution in [1.82, 2.24) is 9.80 Å². The Morgan fingerprint density at radius 3 is 2.28 bits per heavy atom. The Hall–Kier alpha value is -0.770. The molecule has 1 aromatic carbocycles. The maximum Gasteiger partial charge on any atom is 0.227 e. The molecule has 1 aliphatic heterocycles. The van der Waals surface area contributed by atoms with Gasteiger partial charge in [-0.2, -0.15) is 0 Å². The fraction of sp³-hybridized carbons (Fsp3) is 0.462. The molecule has 0 N–H and O–H groups in total. The second kappa shape index (κ2) is 6.98. The molecule has 0 atom stereocenters. The van der Waals surface area contributed by atoms with E-state index in [-0.39, 0.29) is 18.3 Å². The van der Waals surface area contributed by atoms with E-state index in [1.165, 1.54) is 0 Å². The molecule has 5 heteroatoms. The number of halogens is 2. The molecule has 100 valence electrons. The molecule has 1 fully saturated rings. The van der Waals surface area contributed by atoms with E-state index in [0.29, 0.717) is 11.4 Å². The average molecular weight is 288 g/mol. The summed E-state index contributed by atoms with van der Waals surface area (Å²) in [5, 5.41) is 0.709. The second-order valence-corrected chi connectivity index (χ2v) is 4.92. The second-order valence-electron chi connectivity index (χ2n) is 4.49. The zero-order valence-electron chi connectivity index (χ0n) is 10.4. The molecule has 1 aliphatic rings. The molecule has 0 aromatic heterocycles. The van der Waals surface area contributed by atoms with Crippen LogP contribution in [0.25, 0.3) is 0 Å². The molecule has 0 aliphatic carbocycles. The summed E-state index contributed by atoms with van der Waals surface area (Å²) >= 11 is 5.81. The number of amides is 1. The van der Waals surface area contributed by atoms with Gasteiger partial charge >= 0.3 is 0 Å².